The van der Waals surface area contributed by atoms with Crippen molar-refractivity contribution in [2.45, 2.75) is 33.0 Å². The molecule has 0 fully saturated rings. The Morgan fingerprint density at radius 3 is 2.61 bits per heavy atom. The molecule has 1 N–H and O–H groups in total. The van der Waals surface area contributed by atoms with Gasteiger partial charge in [-0.3, -0.25) is 4.79 Å². The second-order valence-corrected chi connectivity index (χ2v) is 9.43. The van der Waals surface area contributed by atoms with Crippen LogP contribution in [-0.4, -0.2) is 36.7 Å². The number of rotatable bonds is 4. The van der Waals surface area contributed by atoms with Gasteiger partial charge >= 0.3 is 5.97 Å². The molecule has 6 nitrogen and oxygen atoms in total. The number of carbonyl (C=O) groups is 2. The van der Waals surface area contributed by atoms with Crippen LogP contribution in [0.2, 0.25) is 4.34 Å². The third kappa shape index (κ3) is 4.01. The molecule has 2 heterocycles. The lowest BCUT2D eigenvalue weighted by Crippen LogP contribution is -2.46. The fraction of sp³-hybridized carbons (Fsp3) is 0.400. The minimum absolute atomic E-state index is 0.253. The molecule has 0 saturated heterocycles. The highest BCUT2D eigenvalue weighted by Gasteiger charge is 2.43. The van der Waals surface area contributed by atoms with Gasteiger partial charge in [-0.25, -0.2) is 4.79 Å². The zero-order valence-electron chi connectivity index (χ0n) is 16.1. The van der Waals surface area contributed by atoms with Crippen LogP contribution in [0.25, 0.3) is 0 Å². The fourth-order valence-electron chi connectivity index (χ4n) is 3.18. The monoisotopic (exact) mass is 423 g/mol. The van der Waals surface area contributed by atoms with Crippen molar-refractivity contribution in [2.75, 3.05) is 18.6 Å². The summed E-state index contributed by atoms with van der Waals surface area (Å²) in [4.78, 5) is 26.5. The topological polar surface area (TPSA) is 76.1 Å². The maximum atomic E-state index is 13.1. The SMILES string of the molecule is COc1ccccc1C1OC(C(=O)O)C(=O)N(CC(C)(C)C)c2sc(Cl)cc21. The first-order chi connectivity index (χ1) is 13.1. The third-order valence-electron chi connectivity index (χ3n) is 4.28. The van der Waals surface area contributed by atoms with Gasteiger partial charge in [0.15, 0.2) is 0 Å². The molecule has 1 aromatic carbocycles. The predicted molar refractivity (Wildman–Crippen MR) is 108 cm³/mol. The molecule has 2 unspecified atom stereocenters. The molecule has 1 aromatic heterocycles. The highest BCUT2D eigenvalue weighted by Crippen LogP contribution is 2.47. The van der Waals surface area contributed by atoms with Crippen LogP contribution in [0, 0.1) is 5.41 Å². The van der Waals surface area contributed by atoms with E-state index in [1.165, 1.54) is 23.3 Å². The second kappa shape index (κ2) is 7.73. The van der Waals surface area contributed by atoms with E-state index >= 15 is 0 Å². The number of fused-ring (bicyclic) bond motifs is 1. The summed E-state index contributed by atoms with van der Waals surface area (Å²) in [6.07, 6.45) is -2.43. The van der Waals surface area contributed by atoms with E-state index in [2.05, 4.69) is 0 Å². The Bertz CT molecular complexity index is 904. The van der Waals surface area contributed by atoms with Crippen LogP contribution in [-0.2, 0) is 14.3 Å². The molecular weight excluding hydrogens is 402 g/mol. The van der Waals surface area contributed by atoms with Crippen molar-refractivity contribution in [2.24, 2.45) is 5.41 Å². The number of methoxy groups -OCH3 is 1. The van der Waals surface area contributed by atoms with Gasteiger partial charge in [-0.2, -0.15) is 0 Å². The van der Waals surface area contributed by atoms with Crippen LogP contribution in [0.4, 0.5) is 5.00 Å². The van der Waals surface area contributed by atoms with E-state index in [4.69, 9.17) is 21.1 Å². The standard InChI is InChI=1S/C20H22ClNO5S/c1-20(2,3)10-22-17(23)16(19(24)25)27-15(12-9-14(21)28-18(12)22)11-7-5-6-8-13(11)26-4/h5-9,15-16H,10H2,1-4H3,(H,24,25). The number of thiophene rings is 1. The average molecular weight is 424 g/mol. The van der Waals surface area contributed by atoms with E-state index in [0.29, 0.717) is 32.8 Å². The molecule has 2 atom stereocenters. The maximum absolute atomic E-state index is 13.1. The van der Waals surface area contributed by atoms with Crippen molar-refractivity contribution in [3.63, 3.8) is 0 Å². The summed E-state index contributed by atoms with van der Waals surface area (Å²) in [5.41, 5.74) is 1.04. The number of carboxylic acid groups (broad SMARTS) is 1. The predicted octanol–water partition coefficient (Wildman–Crippen LogP) is 4.36. The summed E-state index contributed by atoms with van der Waals surface area (Å²) in [6.45, 7) is 6.28. The van der Waals surface area contributed by atoms with Crippen LogP contribution in [0.3, 0.4) is 0 Å². The Kier molecular flexibility index (Phi) is 5.70. The number of para-hydroxylation sites is 1. The Hall–Kier alpha value is -2.09. The van der Waals surface area contributed by atoms with Crippen molar-refractivity contribution < 1.29 is 24.2 Å². The molecule has 0 aliphatic carbocycles. The van der Waals surface area contributed by atoms with Crippen LogP contribution in [0.5, 0.6) is 5.75 Å². The van der Waals surface area contributed by atoms with E-state index in [0.717, 1.165) is 0 Å². The highest BCUT2D eigenvalue weighted by molar-refractivity contribution is 7.20. The van der Waals surface area contributed by atoms with Gasteiger partial charge in [0.1, 0.15) is 16.9 Å². The highest BCUT2D eigenvalue weighted by atomic mass is 35.5. The zero-order valence-corrected chi connectivity index (χ0v) is 17.6. The van der Waals surface area contributed by atoms with E-state index in [1.807, 2.05) is 32.9 Å². The second-order valence-electron chi connectivity index (χ2n) is 7.77. The smallest absolute Gasteiger partial charge is 0.342 e. The summed E-state index contributed by atoms with van der Waals surface area (Å²) < 4.78 is 11.8. The molecule has 1 aliphatic rings. The molecule has 2 aromatic rings. The normalized spacial score (nSPS) is 19.9. The first-order valence-electron chi connectivity index (χ1n) is 8.74. The largest absolute Gasteiger partial charge is 0.496 e. The van der Waals surface area contributed by atoms with Crippen molar-refractivity contribution >= 4 is 39.8 Å². The fourth-order valence-corrected chi connectivity index (χ4v) is 4.44. The van der Waals surface area contributed by atoms with Gasteiger partial charge < -0.3 is 19.5 Å². The van der Waals surface area contributed by atoms with Crippen molar-refractivity contribution in [3.05, 3.63) is 45.8 Å². The number of nitrogens with zero attached hydrogens (tertiary/aromatic N) is 1. The molecule has 8 heteroatoms. The number of ether oxygens (including phenoxy) is 2. The minimum Gasteiger partial charge on any atom is -0.496 e. The van der Waals surface area contributed by atoms with E-state index in [9.17, 15) is 14.7 Å². The number of benzene rings is 1. The lowest BCUT2D eigenvalue weighted by atomic mass is 9.95. The van der Waals surface area contributed by atoms with Gasteiger partial charge in [0.05, 0.1) is 11.4 Å². The minimum atomic E-state index is -1.63. The Balaban J connectivity index is 2.21. The summed E-state index contributed by atoms with van der Waals surface area (Å²) in [5, 5.41) is 10.3. The number of anilines is 1. The molecule has 0 spiro atoms. The number of aliphatic carboxylic acids is 1. The Morgan fingerprint density at radius 1 is 1.32 bits per heavy atom. The van der Waals surface area contributed by atoms with Crippen LogP contribution >= 0.6 is 22.9 Å². The van der Waals surface area contributed by atoms with Crippen molar-refractivity contribution in [3.8, 4) is 5.75 Å². The number of halogens is 1. The van der Waals surface area contributed by atoms with Crippen molar-refractivity contribution in [1.82, 2.24) is 0 Å². The number of hydrogen-bond acceptors (Lipinski definition) is 5. The summed E-state index contributed by atoms with van der Waals surface area (Å²) in [6, 6.07) is 8.91. The van der Waals surface area contributed by atoms with E-state index < -0.39 is 24.1 Å². The first kappa shape index (κ1) is 20.6. The third-order valence-corrected chi connectivity index (χ3v) is 5.58. The van der Waals surface area contributed by atoms with Gasteiger partial charge in [0.25, 0.3) is 5.91 Å². The molecule has 1 amide bonds. The number of carbonyl (C=O) groups excluding carboxylic acids is 1. The summed E-state index contributed by atoms with van der Waals surface area (Å²) in [7, 11) is 1.53. The van der Waals surface area contributed by atoms with E-state index in [1.54, 1.807) is 18.2 Å². The number of amides is 1. The molecule has 3 rings (SSSR count). The number of hydrogen-bond donors (Lipinski definition) is 1. The lowest BCUT2D eigenvalue weighted by Gasteiger charge is -2.29. The van der Waals surface area contributed by atoms with Gasteiger partial charge in [-0.1, -0.05) is 50.6 Å². The molecular formula is C20H22ClNO5S. The number of carboxylic acids is 1. The zero-order chi connectivity index (χ0) is 20.6. The molecule has 0 bridgehead atoms. The van der Waals surface area contributed by atoms with Gasteiger partial charge in [0.2, 0.25) is 6.10 Å². The van der Waals surface area contributed by atoms with E-state index in [-0.39, 0.29) is 5.41 Å². The summed E-state index contributed by atoms with van der Waals surface area (Å²) in [5.74, 6) is -1.40. The molecule has 0 radical (unpaired) electrons. The Morgan fingerprint density at radius 2 is 2.00 bits per heavy atom. The van der Waals surface area contributed by atoms with Crippen molar-refractivity contribution in [1.29, 1.82) is 0 Å². The molecule has 1 aliphatic heterocycles. The Labute approximate surface area is 172 Å². The average Bonchev–Trinajstić information content (AvgIpc) is 2.96. The quantitative estimate of drug-likeness (QED) is 0.739. The van der Waals surface area contributed by atoms with Crippen LogP contribution in [0.1, 0.15) is 38.0 Å². The lowest BCUT2D eigenvalue weighted by molar-refractivity contribution is -0.158. The molecule has 150 valence electrons. The van der Waals surface area contributed by atoms with Gasteiger partial charge in [-0.05, 0) is 17.5 Å². The molecule has 28 heavy (non-hydrogen) atoms. The molecule has 0 saturated carbocycles. The van der Waals surface area contributed by atoms with Gasteiger partial charge in [0, 0.05) is 17.7 Å². The summed E-state index contributed by atoms with van der Waals surface area (Å²) >= 11 is 7.53. The van der Waals surface area contributed by atoms with Crippen LogP contribution < -0.4 is 9.64 Å². The first-order valence-corrected chi connectivity index (χ1v) is 9.93. The van der Waals surface area contributed by atoms with Gasteiger partial charge in [-0.15, -0.1) is 11.3 Å². The maximum Gasteiger partial charge on any atom is 0.342 e. The van der Waals surface area contributed by atoms with Crippen LogP contribution in [0.15, 0.2) is 30.3 Å².